The number of fused-ring (bicyclic) bond motifs is 3. The van der Waals surface area contributed by atoms with Crippen molar-refractivity contribution in [1.82, 2.24) is 5.32 Å². The van der Waals surface area contributed by atoms with Crippen LogP contribution >= 0.6 is 23.2 Å². The lowest BCUT2D eigenvalue weighted by Gasteiger charge is -2.37. The second-order valence-electron chi connectivity index (χ2n) is 9.28. The quantitative estimate of drug-likeness (QED) is 0.519. The van der Waals surface area contributed by atoms with E-state index in [2.05, 4.69) is 29.3 Å². The van der Waals surface area contributed by atoms with Gasteiger partial charge in [-0.3, -0.25) is 0 Å². The number of hydrogen-bond acceptors (Lipinski definition) is 3. The number of benzene rings is 2. The van der Waals surface area contributed by atoms with Gasteiger partial charge in [0, 0.05) is 46.2 Å². The van der Waals surface area contributed by atoms with Crippen LogP contribution < -0.4 is 15.0 Å². The fourth-order valence-electron chi connectivity index (χ4n) is 5.70. The Morgan fingerprint density at radius 3 is 2.68 bits per heavy atom. The number of nitrogens with zero attached hydrogens (tertiary/aromatic N) is 1. The molecule has 2 unspecified atom stereocenters. The van der Waals surface area contributed by atoms with Crippen LogP contribution in [0.15, 0.2) is 30.3 Å². The Hall–Kier alpha value is -1.42. The van der Waals surface area contributed by atoms with Crippen LogP contribution in [0.25, 0.3) is 11.1 Å². The van der Waals surface area contributed by atoms with Crippen LogP contribution in [-0.4, -0.2) is 31.8 Å². The molecule has 0 aromatic heterocycles. The van der Waals surface area contributed by atoms with Crippen molar-refractivity contribution in [3.05, 3.63) is 45.9 Å². The summed E-state index contributed by atoms with van der Waals surface area (Å²) >= 11 is 12.8. The first kappa shape index (κ1) is 21.4. The largest absolute Gasteiger partial charge is 0.487 e. The smallest absolute Gasteiger partial charge is 0.146 e. The first-order valence-electron chi connectivity index (χ1n) is 11.9. The average Bonchev–Trinajstić information content (AvgIpc) is 3.16. The minimum atomic E-state index is 0.278. The van der Waals surface area contributed by atoms with E-state index in [9.17, 15) is 0 Å². The number of nitrogens with one attached hydrogen (secondary N) is 1. The lowest BCUT2D eigenvalue weighted by Crippen LogP contribution is -2.38. The van der Waals surface area contributed by atoms with Crippen molar-refractivity contribution in [2.45, 2.75) is 69.9 Å². The number of rotatable bonds is 5. The SMILES string of the molecule is CCCN(c1cc(-c2ccc(Cl)cc2Cl)cc2c1OC1CCNCC21)C1CCCCC1. The van der Waals surface area contributed by atoms with Crippen molar-refractivity contribution in [1.29, 1.82) is 0 Å². The summed E-state index contributed by atoms with van der Waals surface area (Å²) in [5, 5.41) is 4.95. The Morgan fingerprint density at radius 2 is 1.90 bits per heavy atom. The maximum Gasteiger partial charge on any atom is 0.146 e. The molecule has 5 rings (SSSR count). The van der Waals surface area contributed by atoms with Crippen LogP contribution in [0.3, 0.4) is 0 Å². The summed E-state index contributed by atoms with van der Waals surface area (Å²) in [5.41, 5.74) is 4.82. The zero-order valence-electron chi connectivity index (χ0n) is 18.3. The van der Waals surface area contributed by atoms with E-state index >= 15 is 0 Å². The van der Waals surface area contributed by atoms with Gasteiger partial charge in [0.1, 0.15) is 11.9 Å². The maximum absolute atomic E-state index is 6.66. The molecule has 2 atom stereocenters. The topological polar surface area (TPSA) is 24.5 Å². The third kappa shape index (κ3) is 4.17. The van der Waals surface area contributed by atoms with Crippen molar-refractivity contribution in [3.8, 4) is 16.9 Å². The van der Waals surface area contributed by atoms with Crippen LogP contribution in [0, 0.1) is 0 Å². The van der Waals surface area contributed by atoms with E-state index in [1.54, 1.807) is 0 Å². The molecule has 2 fully saturated rings. The predicted molar refractivity (Wildman–Crippen MR) is 131 cm³/mol. The average molecular weight is 459 g/mol. The Balaban J connectivity index is 1.64. The number of anilines is 1. The van der Waals surface area contributed by atoms with E-state index in [0.717, 1.165) is 43.8 Å². The van der Waals surface area contributed by atoms with Gasteiger partial charge in [0.2, 0.25) is 0 Å². The number of piperidine rings is 1. The van der Waals surface area contributed by atoms with Crippen molar-refractivity contribution in [3.63, 3.8) is 0 Å². The van der Waals surface area contributed by atoms with Crippen molar-refractivity contribution in [2.75, 3.05) is 24.5 Å². The highest BCUT2D eigenvalue weighted by Gasteiger charge is 2.39. The van der Waals surface area contributed by atoms with Crippen LogP contribution in [0.4, 0.5) is 5.69 Å². The lowest BCUT2D eigenvalue weighted by atomic mass is 9.88. The molecule has 0 spiro atoms. The molecule has 0 bridgehead atoms. The fourth-order valence-corrected chi connectivity index (χ4v) is 6.22. The molecular formula is C26H32Cl2N2O. The Labute approximate surface area is 196 Å². The van der Waals surface area contributed by atoms with Crippen LogP contribution in [0.5, 0.6) is 5.75 Å². The Morgan fingerprint density at radius 1 is 1.06 bits per heavy atom. The van der Waals surface area contributed by atoms with Crippen LogP contribution in [0.1, 0.15) is 63.4 Å². The molecule has 5 heteroatoms. The summed E-state index contributed by atoms with van der Waals surface area (Å²) in [6, 6.07) is 11.1. The summed E-state index contributed by atoms with van der Waals surface area (Å²) in [6.45, 7) is 5.35. The highest BCUT2D eigenvalue weighted by atomic mass is 35.5. The Kier molecular flexibility index (Phi) is 6.37. The molecule has 3 nitrogen and oxygen atoms in total. The molecule has 1 saturated carbocycles. The van der Waals surface area contributed by atoms with E-state index in [-0.39, 0.29) is 6.10 Å². The number of ether oxygens (including phenoxy) is 1. The molecule has 0 radical (unpaired) electrons. The second kappa shape index (κ2) is 9.21. The highest BCUT2D eigenvalue weighted by molar-refractivity contribution is 6.36. The molecule has 2 aromatic rings. The fraction of sp³-hybridized carbons (Fsp3) is 0.538. The van der Waals surface area contributed by atoms with Gasteiger partial charge in [0.25, 0.3) is 0 Å². The molecule has 2 aromatic carbocycles. The standard InChI is InChI=1S/C26H32Cl2N2O/c1-2-12-30(19-6-4-3-5-7-19)24-14-17(20-9-8-18(27)15-23(20)28)13-21-22-16-29-11-10-25(22)31-26(21)24/h8-9,13-15,19,22,25,29H,2-7,10-12,16H2,1H3. The van der Waals surface area contributed by atoms with Gasteiger partial charge in [-0.15, -0.1) is 0 Å². The van der Waals surface area contributed by atoms with Crippen molar-refractivity contribution in [2.24, 2.45) is 0 Å². The van der Waals surface area contributed by atoms with E-state index in [0.29, 0.717) is 22.0 Å². The third-order valence-corrected chi connectivity index (χ3v) is 7.76. The van der Waals surface area contributed by atoms with E-state index < -0.39 is 0 Å². The van der Waals surface area contributed by atoms with Gasteiger partial charge >= 0.3 is 0 Å². The van der Waals surface area contributed by atoms with Gasteiger partial charge < -0.3 is 15.0 Å². The molecule has 2 heterocycles. The lowest BCUT2D eigenvalue weighted by molar-refractivity contribution is 0.172. The molecule has 2 aliphatic heterocycles. The van der Waals surface area contributed by atoms with Gasteiger partial charge in [-0.2, -0.15) is 0 Å². The molecule has 1 saturated heterocycles. The van der Waals surface area contributed by atoms with E-state index in [1.165, 1.54) is 48.9 Å². The summed E-state index contributed by atoms with van der Waals surface area (Å²) < 4.78 is 6.66. The summed E-state index contributed by atoms with van der Waals surface area (Å²) in [5.74, 6) is 1.52. The zero-order valence-corrected chi connectivity index (χ0v) is 19.8. The summed E-state index contributed by atoms with van der Waals surface area (Å²) in [4.78, 5) is 2.65. The van der Waals surface area contributed by atoms with Gasteiger partial charge in [0.15, 0.2) is 0 Å². The number of hydrogen-bond donors (Lipinski definition) is 1. The highest BCUT2D eigenvalue weighted by Crippen LogP contribution is 2.50. The van der Waals surface area contributed by atoms with Gasteiger partial charge in [-0.25, -0.2) is 0 Å². The normalized spacial score (nSPS) is 23.2. The van der Waals surface area contributed by atoms with Crippen LogP contribution in [-0.2, 0) is 0 Å². The zero-order chi connectivity index (χ0) is 21.4. The third-order valence-electron chi connectivity index (χ3n) is 7.22. The molecule has 1 N–H and O–H groups in total. The van der Waals surface area contributed by atoms with Crippen molar-refractivity contribution >= 4 is 28.9 Å². The minimum Gasteiger partial charge on any atom is -0.487 e. The summed E-state index contributed by atoms with van der Waals surface area (Å²) in [6.07, 6.45) is 9.03. The van der Waals surface area contributed by atoms with Crippen LogP contribution in [0.2, 0.25) is 10.0 Å². The molecule has 1 aliphatic carbocycles. The van der Waals surface area contributed by atoms with E-state index in [1.807, 2.05) is 18.2 Å². The molecule has 0 amide bonds. The molecule has 31 heavy (non-hydrogen) atoms. The molecule has 3 aliphatic rings. The predicted octanol–water partition coefficient (Wildman–Crippen LogP) is 7.05. The van der Waals surface area contributed by atoms with E-state index in [4.69, 9.17) is 27.9 Å². The van der Waals surface area contributed by atoms with Gasteiger partial charge in [0.05, 0.1) is 5.69 Å². The molecule has 166 valence electrons. The minimum absolute atomic E-state index is 0.278. The molecular weight excluding hydrogens is 427 g/mol. The Bertz CT molecular complexity index is 941. The summed E-state index contributed by atoms with van der Waals surface area (Å²) in [7, 11) is 0. The first-order chi connectivity index (χ1) is 15.2. The van der Waals surface area contributed by atoms with Gasteiger partial charge in [-0.05, 0) is 62.1 Å². The van der Waals surface area contributed by atoms with Gasteiger partial charge in [-0.1, -0.05) is 55.5 Å². The second-order valence-corrected chi connectivity index (χ2v) is 10.1. The first-order valence-corrected chi connectivity index (χ1v) is 12.7. The maximum atomic E-state index is 6.66. The van der Waals surface area contributed by atoms with Crippen molar-refractivity contribution < 1.29 is 4.74 Å². The monoisotopic (exact) mass is 458 g/mol. The number of halogens is 2.